The lowest BCUT2D eigenvalue weighted by atomic mass is 9.81. The van der Waals surface area contributed by atoms with E-state index in [0.717, 1.165) is 18.6 Å². The van der Waals surface area contributed by atoms with Gasteiger partial charge in [-0.15, -0.1) is 0 Å². The van der Waals surface area contributed by atoms with E-state index in [4.69, 9.17) is 9.84 Å². The molecule has 1 fully saturated rings. The number of aromatic nitrogens is 4. The fraction of sp³-hybridized carbons (Fsp3) is 0.296. The summed E-state index contributed by atoms with van der Waals surface area (Å²) in [5.41, 5.74) is 2.59. The molecule has 4 aromatic rings. The molecule has 0 radical (unpaired) electrons. The third kappa shape index (κ3) is 5.27. The molecule has 3 aromatic heterocycles. The average molecular weight is 520 g/mol. The monoisotopic (exact) mass is 519 g/mol. The van der Waals surface area contributed by atoms with Crippen molar-refractivity contribution in [3.8, 4) is 29.0 Å². The normalized spacial score (nSPS) is 17.7. The van der Waals surface area contributed by atoms with Gasteiger partial charge in [0.05, 0.1) is 23.9 Å². The summed E-state index contributed by atoms with van der Waals surface area (Å²) in [5, 5.41) is 4.70. The summed E-state index contributed by atoms with van der Waals surface area (Å²) < 4.78 is 48.5. The second-order valence-corrected chi connectivity index (χ2v) is 10.8. The number of rotatable bonds is 5. The molecular formula is C27H26FN5O3S. The van der Waals surface area contributed by atoms with Crippen molar-refractivity contribution >= 4 is 21.4 Å². The molecule has 0 spiro atoms. The lowest BCUT2D eigenvalue weighted by Crippen LogP contribution is -2.14. The molecule has 1 aliphatic carbocycles. The second-order valence-electron chi connectivity index (χ2n) is 9.11. The average Bonchev–Trinajstić information content (AvgIpc) is 3.30. The highest BCUT2D eigenvalue weighted by atomic mass is 32.2. The number of nitrogens with zero attached hydrogens (tertiary/aromatic N) is 4. The number of nitrogens with one attached hydrogen (secondary N) is 1. The fourth-order valence-electron chi connectivity index (χ4n) is 4.46. The zero-order chi connectivity index (χ0) is 26.0. The maximum absolute atomic E-state index is 13.3. The molecule has 3 heterocycles. The first-order valence-electron chi connectivity index (χ1n) is 12.0. The van der Waals surface area contributed by atoms with Gasteiger partial charge in [-0.3, -0.25) is 4.72 Å². The van der Waals surface area contributed by atoms with E-state index in [1.54, 1.807) is 29.0 Å². The predicted octanol–water partition coefficient (Wildman–Crippen LogP) is 4.92. The molecule has 1 aliphatic rings. The maximum Gasteiger partial charge on any atom is 0.262 e. The second kappa shape index (κ2) is 10.2. The lowest BCUT2D eigenvalue weighted by Gasteiger charge is -2.23. The van der Waals surface area contributed by atoms with Gasteiger partial charge in [-0.25, -0.2) is 27.3 Å². The van der Waals surface area contributed by atoms with E-state index in [2.05, 4.69) is 33.5 Å². The molecule has 5 rings (SSSR count). The number of pyridine rings is 1. The number of hydrogen-bond acceptors (Lipinski definition) is 6. The molecule has 0 aliphatic heterocycles. The summed E-state index contributed by atoms with van der Waals surface area (Å²) in [4.78, 5) is 8.58. The van der Waals surface area contributed by atoms with Gasteiger partial charge in [-0.05, 0) is 67.1 Å². The number of benzene rings is 1. The number of hydrogen-bond donors (Lipinski definition) is 1. The number of fused-ring (bicyclic) bond motifs is 1. The Hall–Kier alpha value is -3.97. The van der Waals surface area contributed by atoms with Gasteiger partial charge in [-0.1, -0.05) is 25.7 Å². The van der Waals surface area contributed by atoms with Crippen molar-refractivity contribution in [3.05, 3.63) is 66.4 Å². The Bertz CT molecular complexity index is 1610. The summed E-state index contributed by atoms with van der Waals surface area (Å²) in [6.45, 7) is 2.25. The van der Waals surface area contributed by atoms with Crippen LogP contribution in [0.1, 0.15) is 38.3 Å². The zero-order valence-corrected chi connectivity index (χ0v) is 21.3. The number of imidazole rings is 1. The highest BCUT2D eigenvalue weighted by Gasteiger charge is 2.20. The zero-order valence-electron chi connectivity index (χ0n) is 20.5. The molecular weight excluding hydrogens is 493 g/mol. The topological polar surface area (TPSA) is 98.5 Å². The SMILES string of the molecule is COc1ncc(-c2ccc3ncc(C#CC4CCCCC4C)n3n2)cc1NS(=O)(=O)c1ccc(F)cc1. The Morgan fingerprint density at radius 2 is 1.86 bits per heavy atom. The molecule has 1 aromatic carbocycles. The quantitative estimate of drug-likeness (QED) is 0.376. The van der Waals surface area contributed by atoms with Crippen molar-refractivity contribution < 1.29 is 17.5 Å². The molecule has 0 saturated heterocycles. The van der Waals surface area contributed by atoms with Crippen LogP contribution < -0.4 is 9.46 Å². The Balaban J connectivity index is 1.48. The van der Waals surface area contributed by atoms with Gasteiger partial charge in [0.25, 0.3) is 10.0 Å². The molecule has 1 saturated carbocycles. The molecule has 0 amide bonds. The van der Waals surface area contributed by atoms with Crippen LogP contribution in [0.5, 0.6) is 5.88 Å². The minimum atomic E-state index is -4.01. The summed E-state index contributed by atoms with van der Waals surface area (Å²) >= 11 is 0. The molecule has 10 heteroatoms. The molecule has 2 unspecified atom stereocenters. The molecule has 2 atom stereocenters. The van der Waals surface area contributed by atoms with Crippen molar-refractivity contribution in [2.24, 2.45) is 11.8 Å². The molecule has 190 valence electrons. The summed E-state index contributed by atoms with van der Waals surface area (Å²) in [6.07, 6.45) is 8.04. The molecule has 0 bridgehead atoms. The lowest BCUT2D eigenvalue weighted by molar-refractivity contribution is 0.316. The van der Waals surface area contributed by atoms with Gasteiger partial charge in [0.1, 0.15) is 17.2 Å². The van der Waals surface area contributed by atoms with Gasteiger partial charge in [0.15, 0.2) is 5.65 Å². The van der Waals surface area contributed by atoms with Crippen LogP contribution in [0.3, 0.4) is 0 Å². The first-order chi connectivity index (χ1) is 17.8. The molecule has 1 N–H and O–H groups in total. The van der Waals surface area contributed by atoms with Gasteiger partial charge >= 0.3 is 0 Å². The Labute approximate surface area is 215 Å². The molecule has 37 heavy (non-hydrogen) atoms. The first-order valence-corrected chi connectivity index (χ1v) is 13.5. The van der Waals surface area contributed by atoms with E-state index >= 15 is 0 Å². The van der Waals surface area contributed by atoms with Gasteiger partial charge < -0.3 is 4.74 Å². The Morgan fingerprint density at radius 1 is 1.08 bits per heavy atom. The van der Waals surface area contributed by atoms with Crippen molar-refractivity contribution in [3.63, 3.8) is 0 Å². The largest absolute Gasteiger partial charge is 0.480 e. The standard InChI is InChI=1S/C27H26FN5O3S/c1-18-5-3-4-6-19(18)7-10-22-17-29-26-14-13-24(31-33(22)26)20-15-25(27(36-2)30-16-20)32-37(34,35)23-11-8-21(28)9-12-23/h8-9,11-19,32H,3-6H2,1-2H3. The highest BCUT2D eigenvalue weighted by Crippen LogP contribution is 2.30. The summed E-state index contributed by atoms with van der Waals surface area (Å²) in [6, 6.07) is 9.74. The van der Waals surface area contributed by atoms with Crippen molar-refractivity contribution in [2.75, 3.05) is 11.8 Å². The minimum Gasteiger partial charge on any atom is -0.480 e. The summed E-state index contributed by atoms with van der Waals surface area (Å²) in [7, 11) is -2.61. The third-order valence-electron chi connectivity index (χ3n) is 6.57. The van der Waals surface area contributed by atoms with Crippen molar-refractivity contribution in [1.29, 1.82) is 0 Å². The smallest absolute Gasteiger partial charge is 0.262 e. The number of halogens is 1. The van der Waals surface area contributed by atoms with Crippen LogP contribution in [0, 0.1) is 29.5 Å². The van der Waals surface area contributed by atoms with Crippen LogP contribution in [-0.4, -0.2) is 35.1 Å². The van der Waals surface area contributed by atoms with Crippen LogP contribution in [0.2, 0.25) is 0 Å². The third-order valence-corrected chi connectivity index (χ3v) is 7.95. The first kappa shape index (κ1) is 24.7. The minimum absolute atomic E-state index is 0.0881. The number of anilines is 1. The fourth-order valence-corrected chi connectivity index (χ4v) is 5.50. The number of methoxy groups -OCH3 is 1. The van der Waals surface area contributed by atoms with Crippen molar-refractivity contribution in [2.45, 2.75) is 37.5 Å². The van der Waals surface area contributed by atoms with E-state index in [9.17, 15) is 12.8 Å². The van der Waals surface area contributed by atoms with Gasteiger partial charge in [0, 0.05) is 17.7 Å². The van der Waals surface area contributed by atoms with Crippen LogP contribution in [0.4, 0.5) is 10.1 Å². The van der Waals surface area contributed by atoms with E-state index in [-0.39, 0.29) is 16.5 Å². The number of ether oxygens (including phenoxy) is 1. The van der Waals surface area contributed by atoms with E-state index < -0.39 is 15.8 Å². The van der Waals surface area contributed by atoms with E-state index in [1.807, 2.05) is 6.07 Å². The van der Waals surface area contributed by atoms with E-state index in [0.29, 0.717) is 34.4 Å². The van der Waals surface area contributed by atoms with Crippen LogP contribution >= 0.6 is 0 Å². The van der Waals surface area contributed by atoms with Crippen molar-refractivity contribution in [1.82, 2.24) is 19.6 Å². The number of sulfonamides is 1. The highest BCUT2D eigenvalue weighted by molar-refractivity contribution is 7.92. The maximum atomic E-state index is 13.3. The van der Waals surface area contributed by atoms with Crippen LogP contribution in [0.25, 0.3) is 16.9 Å². The van der Waals surface area contributed by atoms with Gasteiger partial charge in [0.2, 0.25) is 5.88 Å². The molecule has 8 nitrogen and oxygen atoms in total. The Kier molecular flexibility index (Phi) is 6.80. The Morgan fingerprint density at radius 3 is 2.62 bits per heavy atom. The van der Waals surface area contributed by atoms with Crippen LogP contribution in [-0.2, 0) is 10.0 Å². The van der Waals surface area contributed by atoms with E-state index in [1.165, 1.54) is 38.5 Å². The predicted molar refractivity (Wildman–Crippen MR) is 138 cm³/mol. The van der Waals surface area contributed by atoms with Gasteiger partial charge in [-0.2, -0.15) is 5.10 Å². The summed E-state index contributed by atoms with van der Waals surface area (Å²) in [5.74, 6) is 7.18. The van der Waals surface area contributed by atoms with Crippen LogP contribution in [0.15, 0.2) is 59.8 Å².